The van der Waals surface area contributed by atoms with Crippen LogP contribution in [0.25, 0.3) is 0 Å². The van der Waals surface area contributed by atoms with Gasteiger partial charge in [0.25, 0.3) is 0 Å². The maximum atomic E-state index is 13.8. The lowest BCUT2D eigenvalue weighted by atomic mass is 9.92. The van der Waals surface area contributed by atoms with Crippen LogP contribution in [0, 0.1) is 11.7 Å². The molecule has 16 heavy (non-hydrogen) atoms. The molecule has 0 bridgehead atoms. The van der Waals surface area contributed by atoms with Gasteiger partial charge in [-0.3, -0.25) is 0 Å². The van der Waals surface area contributed by atoms with Gasteiger partial charge in [0.15, 0.2) is 0 Å². The van der Waals surface area contributed by atoms with Gasteiger partial charge in [-0.1, -0.05) is 15.9 Å². The van der Waals surface area contributed by atoms with E-state index in [1.807, 2.05) is 13.1 Å². The topological polar surface area (TPSA) is 21.3 Å². The summed E-state index contributed by atoms with van der Waals surface area (Å²) < 4.78 is 20.0. The Labute approximate surface area is 103 Å². The summed E-state index contributed by atoms with van der Waals surface area (Å²) >= 11 is 3.38. The molecule has 0 radical (unpaired) electrons. The first-order valence-electron chi connectivity index (χ1n) is 5.42. The van der Waals surface area contributed by atoms with Crippen LogP contribution in [0.4, 0.5) is 4.39 Å². The van der Waals surface area contributed by atoms with Gasteiger partial charge in [-0.15, -0.1) is 0 Å². The number of ether oxygens (including phenoxy) is 1. The fraction of sp³-hybridized carbons (Fsp3) is 0.500. The third-order valence-electron chi connectivity index (χ3n) is 3.04. The maximum Gasteiger partial charge on any atom is 0.128 e. The average Bonchev–Trinajstić information content (AvgIpc) is 2.78. The zero-order valence-corrected chi connectivity index (χ0v) is 10.8. The molecule has 1 heterocycles. The molecule has 4 heteroatoms. The van der Waals surface area contributed by atoms with Crippen LogP contribution >= 0.6 is 15.9 Å². The normalized spacial score (nSPS) is 22.3. The third kappa shape index (κ3) is 2.44. The second-order valence-electron chi connectivity index (χ2n) is 4.06. The molecule has 1 aliphatic rings. The largest absolute Gasteiger partial charge is 0.381 e. The molecule has 2 nitrogen and oxygen atoms in total. The van der Waals surface area contributed by atoms with Crippen molar-refractivity contribution in [3.05, 3.63) is 34.1 Å². The fourth-order valence-corrected chi connectivity index (χ4v) is 2.59. The lowest BCUT2D eigenvalue weighted by Gasteiger charge is -2.23. The second-order valence-corrected chi connectivity index (χ2v) is 4.97. The quantitative estimate of drug-likeness (QED) is 0.923. The molecular formula is C12H15BrFNO. The van der Waals surface area contributed by atoms with Crippen molar-refractivity contribution in [2.24, 2.45) is 5.92 Å². The van der Waals surface area contributed by atoms with E-state index in [2.05, 4.69) is 21.2 Å². The van der Waals surface area contributed by atoms with Crippen LogP contribution in [0.1, 0.15) is 18.0 Å². The first-order valence-corrected chi connectivity index (χ1v) is 6.21. The van der Waals surface area contributed by atoms with Crippen molar-refractivity contribution in [1.29, 1.82) is 0 Å². The number of rotatable bonds is 3. The van der Waals surface area contributed by atoms with Crippen LogP contribution in [-0.2, 0) is 4.74 Å². The molecule has 0 amide bonds. The van der Waals surface area contributed by atoms with Gasteiger partial charge in [0.1, 0.15) is 5.82 Å². The molecular weight excluding hydrogens is 273 g/mol. The first-order chi connectivity index (χ1) is 7.72. The molecule has 1 aromatic rings. The highest BCUT2D eigenvalue weighted by Crippen LogP contribution is 2.31. The molecule has 2 unspecified atom stereocenters. The molecule has 88 valence electrons. The summed E-state index contributed by atoms with van der Waals surface area (Å²) in [7, 11) is 1.86. The smallest absolute Gasteiger partial charge is 0.128 e. The summed E-state index contributed by atoms with van der Waals surface area (Å²) in [5, 5.41) is 3.19. The lowest BCUT2D eigenvalue weighted by molar-refractivity contribution is 0.177. The van der Waals surface area contributed by atoms with E-state index >= 15 is 0 Å². The van der Waals surface area contributed by atoms with Gasteiger partial charge in [-0.25, -0.2) is 4.39 Å². The third-order valence-corrected chi connectivity index (χ3v) is 3.53. The van der Waals surface area contributed by atoms with Gasteiger partial charge in [0.2, 0.25) is 0 Å². The molecule has 1 saturated heterocycles. The van der Waals surface area contributed by atoms with E-state index in [-0.39, 0.29) is 11.9 Å². The van der Waals surface area contributed by atoms with E-state index in [1.54, 1.807) is 6.07 Å². The van der Waals surface area contributed by atoms with E-state index in [1.165, 1.54) is 6.07 Å². The Balaban J connectivity index is 2.28. The molecule has 0 aliphatic carbocycles. The zero-order chi connectivity index (χ0) is 11.5. The van der Waals surface area contributed by atoms with Gasteiger partial charge in [0.05, 0.1) is 6.61 Å². The average molecular weight is 288 g/mol. The molecule has 1 N–H and O–H groups in total. The summed E-state index contributed by atoms with van der Waals surface area (Å²) in [5.74, 6) is 0.197. The Hall–Kier alpha value is -0.450. The van der Waals surface area contributed by atoms with Gasteiger partial charge in [0, 0.05) is 28.6 Å². The molecule has 0 saturated carbocycles. The molecule has 2 rings (SSSR count). The number of hydrogen-bond acceptors (Lipinski definition) is 2. The Morgan fingerprint density at radius 3 is 3.00 bits per heavy atom. The maximum absolute atomic E-state index is 13.8. The van der Waals surface area contributed by atoms with E-state index in [0.29, 0.717) is 18.1 Å². The summed E-state index contributed by atoms with van der Waals surface area (Å²) in [4.78, 5) is 0. The van der Waals surface area contributed by atoms with Gasteiger partial charge < -0.3 is 10.1 Å². The van der Waals surface area contributed by atoms with Crippen LogP contribution in [0.15, 0.2) is 22.7 Å². The minimum absolute atomic E-state index is 0.0278. The molecule has 1 fully saturated rings. The second kappa shape index (κ2) is 5.25. The van der Waals surface area contributed by atoms with Crippen molar-refractivity contribution in [1.82, 2.24) is 5.32 Å². The molecule has 2 atom stereocenters. The summed E-state index contributed by atoms with van der Waals surface area (Å²) in [6, 6.07) is 5.09. The van der Waals surface area contributed by atoms with Crippen molar-refractivity contribution in [2.75, 3.05) is 20.3 Å². The molecule has 1 aliphatic heterocycles. The van der Waals surface area contributed by atoms with Gasteiger partial charge in [-0.2, -0.15) is 0 Å². The van der Waals surface area contributed by atoms with Crippen molar-refractivity contribution in [2.45, 2.75) is 12.5 Å². The molecule has 0 spiro atoms. The van der Waals surface area contributed by atoms with Crippen LogP contribution in [0.3, 0.4) is 0 Å². The monoisotopic (exact) mass is 287 g/mol. The highest BCUT2D eigenvalue weighted by molar-refractivity contribution is 9.10. The van der Waals surface area contributed by atoms with Crippen molar-refractivity contribution < 1.29 is 9.13 Å². The van der Waals surface area contributed by atoms with Crippen LogP contribution in [0.2, 0.25) is 0 Å². The van der Waals surface area contributed by atoms with Crippen molar-refractivity contribution in [3.8, 4) is 0 Å². The van der Waals surface area contributed by atoms with Gasteiger partial charge in [-0.05, 0) is 31.7 Å². The van der Waals surface area contributed by atoms with Crippen LogP contribution < -0.4 is 5.32 Å². The summed E-state index contributed by atoms with van der Waals surface area (Å²) in [6.07, 6.45) is 0.984. The number of benzene rings is 1. The van der Waals surface area contributed by atoms with Crippen LogP contribution in [0.5, 0.6) is 0 Å². The van der Waals surface area contributed by atoms with Crippen molar-refractivity contribution >= 4 is 15.9 Å². The van der Waals surface area contributed by atoms with E-state index in [0.717, 1.165) is 17.5 Å². The zero-order valence-electron chi connectivity index (χ0n) is 9.17. The minimum atomic E-state index is -0.158. The molecule has 1 aromatic carbocycles. The summed E-state index contributed by atoms with van der Waals surface area (Å²) in [6.45, 7) is 1.48. The predicted molar refractivity (Wildman–Crippen MR) is 64.8 cm³/mol. The Morgan fingerprint density at radius 1 is 1.56 bits per heavy atom. The van der Waals surface area contributed by atoms with Crippen molar-refractivity contribution in [3.63, 3.8) is 0 Å². The van der Waals surface area contributed by atoms with E-state index in [4.69, 9.17) is 4.74 Å². The molecule has 0 aromatic heterocycles. The number of hydrogen-bond donors (Lipinski definition) is 1. The Bertz CT molecular complexity index is 366. The highest BCUT2D eigenvalue weighted by Gasteiger charge is 2.27. The predicted octanol–water partition coefficient (Wildman–Crippen LogP) is 2.89. The van der Waals surface area contributed by atoms with Gasteiger partial charge >= 0.3 is 0 Å². The summed E-state index contributed by atoms with van der Waals surface area (Å²) in [5.41, 5.74) is 0.715. The number of halogens is 2. The van der Waals surface area contributed by atoms with Crippen LogP contribution in [-0.4, -0.2) is 20.3 Å². The first kappa shape index (κ1) is 12.0. The van der Waals surface area contributed by atoms with E-state index < -0.39 is 0 Å². The lowest BCUT2D eigenvalue weighted by Crippen LogP contribution is -2.26. The standard InChI is InChI=1S/C12H15BrFNO/c1-15-12(8-4-5-16-7-8)10-6-9(13)2-3-11(10)14/h2-3,6,8,12,15H,4-5,7H2,1H3. The Morgan fingerprint density at radius 2 is 2.38 bits per heavy atom. The Kier molecular flexibility index (Phi) is 3.95. The SMILES string of the molecule is CNC(c1cc(Br)ccc1F)C1CCOC1. The minimum Gasteiger partial charge on any atom is -0.381 e. The van der Waals surface area contributed by atoms with E-state index in [9.17, 15) is 4.39 Å². The highest BCUT2D eigenvalue weighted by atomic mass is 79.9. The number of nitrogens with one attached hydrogen (secondary N) is 1. The fourth-order valence-electron chi connectivity index (χ4n) is 2.21.